The first-order valence-corrected chi connectivity index (χ1v) is 6.25. The molecule has 0 aromatic rings. The summed E-state index contributed by atoms with van der Waals surface area (Å²) >= 11 is 0. The summed E-state index contributed by atoms with van der Waals surface area (Å²) in [6.07, 6.45) is 2.63. The summed E-state index contributed by atoms with van der Waals surface area (Å²) in [5.74, 6) is 1.62. The van der Waals surface area contributed by atoms with Crippen LogP contribution in [0.3, 0.4) is 0 Å². The maximum absolute atomic E-state index is 5.23. The van der Waals surface area contributed by atoms with E-state index in [-0.39, 0.29) is 0 Å². The van der Waals surface area contributed by atoms with E-state index in [4.69, 9.17) is 4.74 Å². The Bertz CT molecular complexity index is 190. The second kappa shape index (κ2) is 5.28. The first kappa shape index (κ1) is 11.4. The van der Waals surface area contributed by atoms with E-state index in [0.29, 0.717) is 0 Å². The number of rotatable bonds is 3. The average molecular weight is 212 g/mol. The second-order valence-electron chi connectivity index (χ2n) is 5.14. The fourth-order valence-corrected chi connectivity index (χ4v) is 2.97. The van der Waals surface area contributed by atoms with Gasteiger partial charge in [-0.25, -0.2) is 0 Å². The molecule has 15 heavy (non-hydrogen) atoms. The fourth-order valence-electron chi connectivity index (χ4n) is 2.97. The minimum absolute atomic E-state index is 0.786. The molecule has 0 amide bonds. The maximum Gasteiger partial charge on any atom is 0.0491 e. The van der Waals surface area contributed by atoms with Crippen molar-refractivity contribution in [3.63, 3.8) is 0 Å². The van der Waals surface area contributed by atoms with Gasteiger partial charge in [-0.2, -0.15) is 0 Å². The molecule has 2 heterocycles. The quantitative estimate of drug-likeness (QED) is 0.754. The van der Waals surface area contributed by atoms with Gasteiger partial charge in [0.15, 0.2) is 0 Å². The van der Waals surface area contributed by atoms with Crippen molar-refractivity contribution in [1.29, 1.82) is 0 Å². The van der Waals surface area contributed by atoms with Gasteiger partial charge in [-0.3, -0.25) is 4.90 Å². The third-order valence-electron chi connectivity index (χ3n) is 4.00. The van der Waals surface area contributed by atoms with Crippen LogP contribution in [-0.2, 0) is 4.74 Å². The highest BCUT2D eigenvalue weighted by atomic mass is 16.5. The molecule has 2 aliphatic heterocycles. The Morgan fingerprint density at radius 1 is 1.27 bits per heavy atom. The SMILES string of the molecule is COCC1CCN(C2CNCC2C)CC1. The molecule has 0 aliphatic carbocycles. The van der Waals surface area contributed by atoms with Gasteiger partial charge in [-0.15, -0.1) is 0 Å². The van der Waals surface area contributed by atoms with Gasteiger partial charge in [-0.1, -0.05) is 6.92 Å². The van der Waals surface area contributed by atoms with Crippen molar-refractivity contribution in [3.05, 3.63) is 0 Å². The Hall–Kier alpha value is -0.120. The molecule has 0 bridgehead atoms. The van der Waals surface area contributed by atoms with Crippen molar-refractivity contribution in [2.24, 2.45) is 11.8 Å². The molecule has 2 saturated heterocycles. The molecule has 1 N–H and O–H groups in total. The smallest absolute Gasteiger partial charge is 0.0491 e. The Morgan fingerprint density at radius 2 is 2.00 bits per heavy atom. The van der Waals surface area contributed by atoms with E-state index in [1.807, 2.05) is 7.11 Å². The first-order valence-electron chi connectivity index (χ1n) is 6.25. The van der Waals surface area contributed by atoms with Crippen LogP contribution in [0, 0.1) is 11.8 Å². The lowest BCUT2D eigenvalue weighted by Crippen LogP contribution is -2.45. The lowest BCUT2D eigenvalue weighted by Gasteiger charge is -2.37. The molecule has 0 saturated carbocycles. The molecule has 2 fully saturated rings. The maximum atomic E-state index is 5.23. The molecule has 0 spiro atoms. The minimum atomic E-state index is 0.786. The molecule has 0 aromatic carbocycles. The van der Waals surface area contributed by atoms with Crippen molar-refractivity contribution in [2.45, 2.75) is 25.8 Å². The molecule has 3 nitrogen and oxygen atoms in total. The molecular weight excluding hydrogens is 188 g/mol. The molecule has 2 unspecified atom stereocenters. The highest BCUT2D eigenvalue weighted by Crippen LogP contribution is 2.23. The average Bonchev–Trinajstić information content (AvgIpc) is 2.66. The lowest BCUT2D eigenvalue weighted by molar-refractivity contribution is 0.0750. The predicted molar refractivity (Wildman–Crippen MR) is 62.0 cm³/mol. The zero-order valence-corrected chi connectivity index (χ0v) is 10.0. The standard InChI is InChI=1S/C12H24N2O/c1-10-7-13-8-12(10)14-5-3-11(4-6-14)9-15-2/h10-13H,3-9H2,1-2H3. The molecule has 2 atom stereocenters. The molecular formula is C12H24N2O. The van der Waals surface area contributed by atoms with Crippen LogP contribution in [0.25, 0.3) is 0 Å². The van der Waals surface area contributed by atoms with Crippen LogP contribution in [0.1, 0.15) is 19.8 Å². The molecule has 0 radical (unpaired) electrons. The number of nitrogens with one attached hydrogen (secondary N) is 1. The van der Waals surface area contributed by atoms with Crippen LogP contribution < -0.4 is 5.32 Å². The van der Waals surface area contributed by atoms with Gasteiger partial charge >= 0.3 is 0 Å². The van der Waals surface area contributed by atoms with E-state index in [1.165, 1.54) is 39.0 Å². The van der Waals surface area contributed by atoms with Crippen LogP contribution in [0.5, 0.6) is 0 Å². The first-order chi connectivity index (χ1) is 7.31. The largest absolute Gasteiger partial charge is 0.384 e. The van der Waals surface area contributed by atoms with Crippen LogP contribution in [0.4, 0.5) is 0 Å². The van der Waals surface area contributed by atoms with Gasteiger partial charge in [0.1, 0.15) is 0 Å². The van der Waals surface area contributed by atoms with E-state index in [0.717, 1.165) is 24.5 Å². The minimum Gasteiger partial charge on any atom is -0.384 e. The molecule has 3 heteroatoms. The number of hydrogen-bond donors (Lipinski definition) is 1. The Morgan fingerprint density at radius 3 is 2.53 bits per heavy atom. The van der Waals surface area contributed by atoms with Crippen molar-refractivity contribution in [1.82, 2.24) is 10.2 Å². The summed E-state index contributed by atoms with van der Waals surface area (Å²) in [7, 11) is 1.81. The Kier molecular flexibility index (Phi) is 4.00. The van der Waals surface area contributed by atoms with Gasteiger partial charge in [0.2, 0.25) is 0 Å². The third-order valence-corrected chi connectivity index (χ3v) is 4.00. The fraction of sp³-hybridized carbons (Fsp3) is 1.00. The van der Waals surface area contributed by atoms with Gasteiger partial charge in [0.05, 0.1) is 0 Å². The number of piperidine rings is 1. The molecule has 0 aromatic heterocycles. The molecule has 88 valence electrons. The Balaban J connectivity index is 1.77. The molecule has 2 aliphatic rings. The van der Waals surface area contributed by atoms with E-state index in [2.05, 4.69) is 17.1 Å². The van der Waals surface area contributed by atoms with E-state index < -0.39 is 0 Å². The molecule has 2 rings (SSSR count). The number of nitrogens with zero attached hydrogens (tertiary/aromatic N) is 1. The summed E-state index contributed by atoms with van der Waals surface area (Å²) in [6, 6.07) is 0.786. The van der Waals surface area contributed by atoms with Gasteiger partial charge in [-0.05, 0) is 44.3 Å². The van der Waals surface area contributed by atoms with E-state index in [9.17, 15) is 0 Å². The zero-order valence-electron chi connectivity index (χ0n) is 10.0. The summed E-state index contributed by atoms with van der Waals surface area (Å²) in [5.41, 5.74) is 0. The summed E-state index contributed by atoms with van der Waals surface area (Å²) in [5, 5.41) is 3.49. The van der Waals surface area contributed by atoms with Crippen LogP contribution in [0.15, 0.2) is 0 Å². The summed E-state index contributed by atoms with van der Waals surface area (Å²) in [4.78, 5) is 2.68. The monoisotopic (exact) mass is 212 g/mol. The van der Waals surface area contributed by atoms with Crippen molar-refractivity contribution in [2.75, 3.05) is 39.9 Å². The van der Waals surface area contributed by atoms with Gasteiger partial charge < -0.3 is 10.1 Å². The second-order valence-corrected chi connectivity index (χ2v) is 5.14. The predicted octanol–water partition coefficient (Wildman–Crippen LogP) is 0.953. The zero-order chi connectivity index (χ0) is 10.7. The van der Waals surface area contributed by atoms with Crippen molar-refractivity contribution >= 4 is 0 Å². The third kappa shape index (κ3) is 2.71. The van der Waals surface area contributed by atoms with Gasteiger partial charge in [0.25, 0.3) is 0 Å². The highest BCUT2D eigenvalue weighted by Gasteiger charge is 2.31. The normalized spacial score (nSPS) is 34.8. The van der Waals surface area contributed by atoms with Crippen LogP contribution in [0.2, 0.25) is 0 Å². The van der Waals surface area contributed by atoms with Crippen LogP contribution in [-0.4, -0.2) is 50.8 Å². The van der Waals surface area contributed by atoms with Crippen molar-refractivity contribution in [3.8, 4) is 0 Å². The lowest BCUT2D eigenvalue weighted by atomic mass is 9.94. The van der Waals surface area contributed by atoms with E-state index >= 15 is 0 Å². The topological polar surface area (TPSA) is 24.5 Å². The highest BCUT2D eigenvalue weighted by molar-refractivity contribution is 4.88. The number of methoxy groups -OCH3 is 1. The number of ether oxygens (including phenoxy) is 1. The summed E-state index contributed by atoms with van der Waals surface area (Å²) < 4.78 is 5.23. The summed E-state index contributed by atoms with van der Waals surface area (Å²) in [6.45, 7) is 8.24. The van der Waals surface area contributed by atoms with Gasteiger partial charge in [0, 0.05) is 26.3 Å². The van der Waals surface area contributed by atoms with E-state index in [1.54, 1.807) is 0 Å². The number of hydrogen-bond acceptors (Lipinski definition) is 3. The Labute approximate surface area is 93.2 Å². The number of likely N-dealkylation sites (tertiary alicyclic amines) is 1. The van der Waals surface area contributed by atoms with Crippen LogP contribution >= 0.6 is 0 Å². The van der Waals surface area contributed by atoms with Crippen molar-refractivity contribution < 1.29 is 4.74 Å².